The van der Waals surface area contributed by atoms with Gasteiger partial charge in [0.05, 0.1) is 24.6 Å². The lowest BCUT2D eigenvalue weighted by molar-refractivity contribution is -0.122. The Morgan fingerprint density at radius 3 is 2.55 bits per heavy atom. The number of carboxylic acid groups (broad SMARTS) is 1. The van der Waals surface area contributed by atoms with Crippen LogP contribution in [0.4, 0.5) is 10.6 Å². The molecule has 1 aromatic heterocycles. The zero-order valence-corrected chi connectivity index (χ0v) is 17.2. The summed E-state index contributed by atoms with van der Waals surface area (Å²) in [6.45, 7) is 1.57. The average Bonchev–Trinajstić information content (AvgIpc) is 2.91. The zero-order chi connectivity index (χ0) is 22.4. The van der Waals surface area contributed by atoms with Crippen molar-refractivity contribution in [2.45, 2.75) is 24.9 Å². The molecule has 0 bridgehead atoms. The number of benzene rings is 1. The highest BCUT2D eigenvalue weighted by Gasteiger charge is 2.44. The summed E-state index contributed by atoms with van der Waals surface area (Å²) in [5.41, 5.74) is 7.37. The van der Waals surface area contributed by atoms with Crippen molar-refractivity contribution in [2.24, 2.45) is 0 Å². The standard InChI is InChI=1S/C20H23N5O3.CH2O2/c1-24-13-20(28-19(24)27)7-2-9-25(10-8-20)18(26)15-5-3-14(4-6-15)16-11-22-12-17(21)23-16;2-1-3/h3-6,11-12H,2,7-10,13H2,1H3,(H2,21,23);1H,(H,2,3). The maximum atomic E-state index is 12.9. The van der Waals surface area contributed by atoms with E-state index in [9.17, 15) is 9.59 Å². The average molecular weight is 427 g/mol. The molecule has 10 nitrogen and oxygen atoms in total. The minimum Gasteiger partial charge on any atom is -0.483 e. The fourth-order valence-corrected chi connectivity index (χ4v) is 3.91. The third-order valence-corrected chi connectivity index (χ3v) is 5.41. The van der Waals surface area contributed by atoms with Crippen molar-refractivity contribution in [1.29, 1.82) is 0 Å². The lowest BCUT2D eigenvalue weighted by atomic mass is 9.95. The van der Waals surface area contributed by atoms with Gasteiger partial charge < -0.3 is 25.4 Å². The molecule has 164 valence electrons. The number of rotatable bonds is 2. The van der Waals surface area contributed by atoms with Gasteiger partial charge in [-0.25, -0.2) is 9.78 Å². The summed E-state index contributed by atoms with van der Waals surface area (Å²) in [4.78, 5) is 44.8. The van der Waals surface area contributed by atoms with Gasteiger partial charge in [0.2, 0.25) is 0 Å². The molecule has 3 heterocycles. The number of likely N-dealkylation sites (tertiary alicyclic amines) is 1. The van der Waals surface area contributed by atoms with E-state index >= 15 is 0 Å². The number of hydrogen-bond acceptors (Lipinski definition) is 7. The van der Waals surface area contributed by atoms with E-state index in [-0.39, 0.29) is 18.5 Å². The summed E-state index contributed by atoms with van der Waals surface area (Å²) in [7, 11) is 1.75. The first-order valence-electron chi connectivity index (χ1n) is 9.87. The molecule has 2 aromatic rings. The minimum atomic E-state index is -0.462. The maximum Gasteiger partial charge on any atom is 0.410 e. The molecule has 1 atom stereocenters. The summed E-state index contributed by atoms with van der Waals surface area (Å²) in [5.74, 6) is 0.342. The van der Waals surface area contributed by atoms with E-state index in [4.69, 9.17) is 20.4 Å². The molecule has 1 spiro atoms. The molecule has 2 aliphatic rings. The second-order valence-electron chi connectivity index (χ2n) is 7.56. The normalized spacial score (nSPS) is 20.5. The van der Waals surface area contributed by atoms with Gasteiger partial charge in [-0.05, 0) is 25.0 Å². The summed E-state index contributed by atoms with van der Waals surface area (Å²) >= 11 is 0. The molecule has 0 radical (unpaired) electrons. The first-order chi connectivity index (χ1) is 14.9. The summed E-state index contributed by atoms with van der Waals surface area (Å²) in [6, 6.07) is 7.30. The van der Waals surface area contributed by atoms with Crippen molar-refractivity contribution in [3.05, 3.63) is 42.2 Å². The summed E-state index contributed by atoms with van der Waals surface area (Å²) in [5, 5.41) is 6.89. The van der Waals surface area contributed by atoms with E-state index in [0.29, 0.717) is 43.1 Å². The number of hydrogen-bond donors (Lipinski definition) is 2. The Balaban J connectivity index is 0.000000858. The topological polar surface area (TPSA) is 139 Å². The monoisotopic (exact) mass is 427 g/mol. The van der Waals surface area contributed by atoms with Gasteiger partial charge in [0.25, 0.3) is 12.4 Å². The van der Waals surface area contributed by atoms with Crippen LogP contribution in [-0.2, 0) is 9.53 Å². The third kappa shape index (κ3) is 5.08. The molecule has 4 rings (SSSR count). The van der Waals surface area contributed by atoms with Gasteiger partial charge >= 0.3 is 6.09 Å². The first kappa shape index (κ1) is 22.0. The predicted molar refractivity (Wildman–Crippen MR) is 112 cm³/mol. The number of amides is 2. The van der Waals surface area contributed by atoms with Gasteiger partial charge in [0.15, 0.2) is 0 Å². The first-order valence-corrected chi connectivity index (χ1v) is 9.87. The molecule has 1 aromatic carbocycles. The quantitative estimate of drug-likeness (QED) is 0.693. The van der Waals surface area contributed by atoms with Gasteiger partial charge in [0, 0.05) is 37.7 Å². The molecule has 1 unspecified atom stereocenters. The van der Waals surface area contributed by atoms with Gasteiger partial charge in [-0.2, -0.15) is 0 Å². The van der Waals surface area contributed by atoms with Gasteiger partial charge in [-0.15, -0.1) is 0 Å². The van der Waals surface area contributed by atoms with E-state index < -0.39 is 5.60 Å². The molecule has 10 heteroatoms. The molecule has 2 aliphatic heterocycles. The van der Waals surface area contributed by atoms with Crippen molar-refractivity contribution in [2.75, 3.05) is 32.4 Å². The van der Waals surface area contributed by atoms with Crippen LogP contribution in [-0.4, -0.2) is 75.6 Å². The number of nitrogens with two attached hydrogens (primary N) is 1. The Morgan fingerprint density at radius 1 is 1.23 bits per heavy atom. The summed E-state index contributed by atoms with van der Waals surface area (Å²) in [6.07, 6.45) is 5.10. The smallest absolute Gasteiger partial charge is 0.410 e. The number of ether oxygens (including phenoxy) is 1. The van der Waals surface area contributed by atoms with Crippen molar-refractivity contribution in [1.82, 2.24) is 19.8 Å². The Morgan fingerprint density at radius 2 is 1.94 bits per heavy atom. The predicted octanol–water partition coefficient (Wildman–Crippen LogP) is 1.87. The van der Waals surface area contributed by atoms with Crippen molar-refractivity contribution < 1.29 is 24.2 Å². The van der Waals surface area contributed by atoms with E-state index in [0.717, 1.165) is 18.4 Å². The van der Waals surface area contributed by atoms with Crippen LogP contribution in [0.2, 0.25) is 0 Å². The largest absolute Gasteiger partial charge is 0.483 e. The lowest BCUT2D eigenvalue weighted by Crippen LogP contribution is -2.36. The van der Waals surface area contributed by atoms with Crippen LogP contribution < -0.4 is 5.73 Å². The summed E-state index contributed by atoms with van der Waals surface area (Å²) < 4.78 is 5.62. The number of aromatic nitrogens is 2. The maximum absolute atomic E-state index is 12.9. The lowest BCUT2D eigenvalue weighted by Gasteiger charge is -2.25. The van der Waals surface area contributed by atoms with Crippen molar-refractivity contribution in [3.8, 4) is 11.3 Å². The number of anilines is 1. The minimum absolute atomic E-state index is 0.0139. The Labute approximate surface area is 179 Å². The second kappa shape index (κ2) is 9.41. The zero-order valence-electron chi connectivity index (χ0n) is 17.2. The van der Waals surface area contributed by atoms with E-state index in [1.807, 2.05) is 17.0 Å². The molecular weight excluding hydrogens is 402 g/mol. The van der Waals surface area contributed by atoms with Crippen LogP contribution in [0.1, 0.15) is 29.6 Å². The fourth-order valence-electron chi connectivity index (χ4n) is 3.91. The molecule has 0 saturated carbocycles. The van der Waals surface area contributed by atoms with Crippen molar-refractivity contribution in [3.63, 3.8) is 0 Å². The highest BCUT2D eigenvalue weighted by atomic mass is 16.6. The van der Waals surface area contributed by atoms with Gasteiger partial charge in [-0.1, -0.05) is 12.1 Å². The molecular formula is C21H25N5O5. The number of carbonyl (C=O) groups is 3. The molecule has 2 fully saturated rings. The highest BCUT2D eigenvalue weighted by molar-refractivity contribution is 5.94. The van der Waals surface area contributed by atoms with Crippen LogP contribution in [0.5, 0.6) is 0 Å². The Hall–Kier alpha value is -3.69. The molecule has 31 heavy (non-hydrogen) atoms. The fraction of sp³-hybridized carbons (Fsp3) is 0.381. The molecule has 3 N–H and O–H groups in total. The van der Waals surface area contributed by atoms with Crippen LogP contribution in [0.25, 0.3) is 11.3 Å². The molecule has 0 aliphatic carbocycles. The van der Waals surface area contributed by atoms with E-state index in [1.54, 1.807) is 30.3 Å². The SMILES string of the molecule is CN1CC2(CCCN(C(=O)c3ccc(-c4cncc(N)n4)cc3)CC2)OC1=O.O=CO. The van der Waals surface area contributed by atoms with Crippen LogP contribution in [0.3, 0.4) is 0 Å². The number of carbonyl (C=O) groups excluding carboxylic acids is 2. The van der Waals surface area contributed by atoms with E-state index in [1.165, 1.54) is 6.20 Å². The van der Waals surface area contributed by atoms with Gasteiger partial charge in [-0.3, -0.25) is 14.6 Å². The van der Waals surface area contributed by atoms with Crippen LogP contribution in [0, 0.1) is 0 Å². The van der Waals surface area contributed by atoms with Crippen LogP contribution >= 0.6 is 0 Å². The van der Waals surface area contributed by atoms with Crippen LogP contribution in [0.15, 0.2) is 36.7 Å². The Bertz CT molecular complexity index is 951. The van der Waals surface area contributed by atoms with Crippen molar-refractivity contribution >= 4 is 24.3 Å². The highest BCUT2D eigenvalue weighted by Crippen LogP contribution is 2.33. The van der Waals surface area contributed by atoms with Gasteiger partial charge in [0.1, 0.15) is 11.4 Å². The Kier molecular flexibility index (Phi) is 6.68. The third-order valence-electron chi connectivity index (χ3n) is 5.41. The second-order valence-corrected chi connectivity index (χ2v) is 7.56. The number of nitrogens with zero attached hydrogens (tertiary/aromatic N) is 4. The molecule has 2 saturated heterocycles. The number of nitrogen functional groups attached to an aromatic ring is 1. The number of likely N-dealkylation sites (N-methyl/N-ethyl adjacent to an activating group) is 1. The van der Waals surface area contributed by atoms with E-state index in [2.05, 4.69) is 9.97 Å². The molecule has 2 amide bonds.